The van der Waals surface area contributed by atoms with E-state index in [4.69, 9.17) is 25.6 Å². The van der Waals surface area contributed by atoms with Gasteiger partial charge in [-0.25, -0.2) is 0 Å². The van der Waals surface area contributed by atoms with E-state index in [1.165, 1.54) is 0 Å². The zero-order valence-electron chi connectivity index (χ0n) is 16.0. The first-order valence-corrected chi connectivity index (χ1v) is 9.62. The van der Waals surface area contributed by atoms with Gasteiger partial charge >= 0.3 is 7.12 Å². The molecule has 0 saturated carbocycles. The van der Waals surface area contributed by atoms with Crippen LogP contribution in [0.25, 0.3) is 0 Å². The molecule has 0 bridgehead atoms. The molecule has 0 N–H and O–H groups in total. The molecule has 3 aliphatic heterocycles. The fourth-order valence-electron chi connectivity index (χ4n) is 3.87. The number of fused-ring (bicyclic) bond motifs is 2. The number of hydrogen-bond donors (Lipinski definition) is 0. The van der Waals surface area contributed by atoms with Crippen LogP contribution in [0, 0.1) is 6.92 Å². The number of carbonyl (C=O) groups is 1. The molecular weight excluding hydrogens is 352 g/mol. The summed E-state index contributed by atoms with van der Waals surface area (Å²) in [5.41, 5.74) is 1.23. The maximum Gasteiger partial charge on any atom is 0.495 e. The Labute approximate surface area is 160 Å². The van der Waals surface area contributed by atoms with Crippen LogP contribution in [0.3, 0.4) is 0 Å². The molecule has 7 heteroatoms. The fourth-order valence-corrected chi connectivity index (χ4v) is 4.14. The smallest absolute Gasteiger partial charge is 0.489 e. The molecule has 0 aromatic heterocycles. The summed E-state index contributed by atoms with van der Waals surface area (Å²) in [5.74, 6) is 0.475. The second kappa shape index (κ2) is 5.88. The van der Waals surface area contributed by atoms with Crippen molar-refractivity contribution in [1.29, 1.82) is 0 Å². The number of ether oxygens (including phenoxy) is 1. The minimum Gasteiger partial charge on any atom is -0.489 e. The van der Waals surface area contributed by atoms with E-state index in [0.717, 1.165) is 30.4 Å². The Bertz CT molecular complexity index is 763. The van der Waals surface area contributed by atoms with Gasteiger partial charge in [-0.15, -0.1) is 0 Å². The van der Waals surface area contributed by atoms with Crippen molar-refractivity contribution in [2.45, 2.75) is 64.7 Å². The molecule has 1 aromatic carbocycles. The number of hydrogen-bond acceptors (Lipinski definition) is 4. The van der Waals surface area contributed by atoms with Crippen molar-refractivity contribution in [3.63, 3.8) is 0 Å². The molecule has 1 amide bonds. The molecule has 2 saturated heterocycles. The minimum atomic E-state index is -0.562. The van der Waals surface area contributed by atoms with Crippen molar-refractivity contribution in [3.8, 4) is 5.75 Å². The molecule has 0 radical (unpaired) electrons. The molecule has 4 rings (SSSR count). The van der Waals surface area contributed by atoms with Crippen molar-refractivity contribution >= 4 is 30.1 Å². The lowest BCUT2D eigenvalue weighted by atomic mass is 9.75. The van der Waals surface area contributed by atoms with Crippen LogP contribution in [0.2, 0.25) is 5.02 Å². The molecule has 1 atom stereocenters. The molecule has 26 heavy (non-hydrogen) atoms. The van der Waals surface area contributed by atoms with Crippen LogP contribution in [-0.4, -0.2) is 48.3 Å². The Morgan fingerprint density at radius 1 is 1.23 bits per heavy atom. The van der Waals surface area contributed by atoms with Gasteiger partial charge in [-0.3, -0.25) is 4.79 Å². The van der Waals surface area contributed by atoms with Gasteiger partial charge < -0.3 is 18.9 Å². The first kappa shape index (κ1) is 18.1. The largest absolute Gasteiger partial charge is 0.495 e. The first-order valence-electron chi connectivity index (χ1n) is 9.25. The summed E-state index contributed by atoms with van der Waals surface area (Å²) in [6, 6.07) is 1.98. The molecule has 1 aromatic rings. The molecule has 0 unspecified atom stereocenters. The van der Waals surface area contributed by atoms with Crippen molar-refractivity contribution in [1.82, 2.24) is 4.90 Å². The summed E-state index contributed by atoms with van der Waals surface area (Å²) in [7, 11) is -0.562. The summed E-state index contributed by atoms with van der Waals surface area (Å²) in [6.07, 6.45) is 1.99. The summed E-state index contributed by atoms with van der Waals surface area (Å²) < 4.78 is 18.3. The lowest BCUT2D eigenvalue weighted by Crippen LogP contribution is -2.41. The van der Waals surface area contributed by atoms with E-state index in [0.29, 0.717) is 22.9 Å². The van der Waals surface area contributed by atoms with E-state index in [9.17, 15) is 4.79 Å². The van der Waals surface area contributed by atoms with Crippen molar-refractivity contribution in [2.24, 2.45) is 0 Å². The predicted octanol–water partition coefficient (Wildman–Crippen LogP) is 2.94. The summed E-state index contributed by atoms with van der Waals surface area (Å²) >= 11 is 6.62. The van der Waals surface area contributed by atoms with Crippen molar-refractivity contribution < 1.29 is 18.8 Å². The second-order valence-electron chi connectivity index (χ2n) is 8.48. The van der Waals surface area contributed by atoms with Gasteiger partial charge in [-0.1, -0.05) is 11.6 Å². The van der Waals surface area contributed by atoms with Crippen LogP contribution in [-0.2, 0) is 9.31 Å². The number of nitrogens with zero attached hydrogens (tertiary/aromatic N) is 1. The van der Waals surface area contributed by atoms with E-state index in [1.54, 1.807) is 0 Å². The van der Waals surface area contributed by atoms with E-state index >= 15 is 0 Å². The van der Waals surface area contributed by atoms with Crippen molar-refractivity contribution in [2.75, 3.05) is 13.2 Å². The molecular formula is C19H25BClNO4. The summed E-state index contributed by atoms with van der Waals surface area (Å²) in [4.78, 5) is 15.0. The van der Waals surface area contributed by atoms with Gasteiger partial charge in [-0.05, 0) is 64.6 Å². The summed E-state index contributed by atoms with van der Waals surface area (Å²) in [6.45, 7) is 11.2. The molecule has 140 valence electrons. The molecule has 5 nitrogen and oxygen atoms in total. The number of halogens is 1. The summed E-state index contributed by atoms with van der Waals surface area (Å²) in [5, 5.41) is 0.474. The Kier molecular flexibility index (Phi) is 4.10. The third-order valence-corrected chi connectivity index (χ3v) is 6.76. The molecule has 0 spiro atoms. The van der Waals surface area contributed by atoms with Crippen molar-refractivity contribution in [3.05, 3.63) is 22.2 Å². The van der Waals surface area contributed by atoms with Gasteiger partial charge in [0.25, 0.3) is 5.91 Å². The van der Waals surface area contributed by atoms with Gasteiger partial charge in [0.15, 0.2) is 5.75 Å². The molecule has 0 aliphatic carbocycles. The topological polar surface area (TPSA) is 48.0 Å². The quantitative estimate of drug-likeness (QED) is 0.706. The highest BCUT2D eigenvalue weighted by Crippen LogP contribution is 2.40. The Balaban J connectivity index is 1.79. The highest BCUT2D eigenvalue weighted by atomic mass is 35.5. The Morgan fingerprint density at radius 2 is 1.88 bits per heavy atom. The Morgan fingerprint density at radius 3 is 2.54 bits per heavy atom. The molecule has 3 heterocycles. The zero-order valence-corrected chi connectivity index (χ0v) is 16.8. The number of benzene rings is 1. The second-order valence-corrected chi connectivity index (χ2v) is 8.85. The highest BCUT2D eigenvalue weighted by molar-refractivity contribution is 6.63. The SMILES string of the molecule is Cc1c(B2OC(C)(C)C(C)(C)O2)cc2c(c1Cl)OC[C@@H]1CCCN1C2=O. The average Bonchev–Trinajstić information content (AvgIpc) is 3.06. The van der Waals surface area contributed by atoms with Gasteiger partial charge in [-0.2, -0.15) is 0 Å². The van der Waals surface area contributed by atoms with Gasteiger partial charge in [0, 0.05) is 6.54 Å². The molecule has 2 fully saturated rings. The predicted molar refractivity (Wildman–Crippen MR) is 101 cm³/mol. The van der Waals surface area contributed by atoms with Gasteiger partial charge in [0.2, 0.25) is 0 Å². The van der Waals surface area contributed by atoms with Gasteiger partial charge in [0.05, 0.1) is 27.8 Å². The lowest BCUT2D eigenvalue weighted by molar-refractivity contribution is 0.00578. The third kappa shape index (κ3) is 2.57. The van der Waals surface area contributed by atoms with E-state index in [2.05, 4.69) is 0 Å². The maximum atomic E-state index is 13.1. The van der Waals surface area contributed by atoms with Crippen LogP contribution < -0.4 is 10.2 Å². The van der Waals surface area contributed by atoms with E-state index < -0.39 is 18.3 Å². The van der Waals surface area contributed by atoms with Crippen LogP contribution >= 0.6 is 11.6 Å². The lowest BCUT2D eigenvalue weighted by Gasteiger charge is -2.32. The number of rotatable bonds is 1. The normalized spacial score (nSPS) is 26.4. The van der Waals surface area contributed by atoms with E-state index in [-0.39, 0.29) is 11.9 Å². The van der Waals surface area contributed by atoms with Crippen LogP contribution in [0.15, 0.2) is 6.07 Å². The highest BCUT2D eigenvalue weighted by Gasteiger charge is 2.52. The monoisotopic (exact) mass is 377 g/mol. The fraction of sp³-hybridized carbons (Fsp3) is 0.632. The third-order valence-electron chi connectivity index (χ3n) is 6.30. The number of amides is 1. The minimum absolute atomic E-state index is 0.0142. The van der Waals surface area contributed by atoms with Crippen LogP contribution in [0.1, 0.15) is 56.5 Å². The standard InChI is InChI=1S/C19H25BClNO4/c1-11-14(20-25-18(2,3)19(4,5)26-20)9-13-16(15(11)21)24-10-12-7-6-8-22(12)17(13)23/h9,12H,6-8,10H2,1-5H3/t12-/m0/s1. The molecule has 3 aliphatic rings. The van der Waals surface area contributed by atoms with E-state index in [1.807, 2.05) is 45.6 Å². The Hall–Kier alpha value is -1.24. The average molecular weight is 378 g/mol. The number of carbonyl (C=O) groups excluding carboxylic acids is 1. The maximum absolute atomic E-state index is 13.1. The van der Waals surface area contributed by atoms with Crippen LogP contribution in [0.4, 0.5) is 0 Å². The van der Waals surface area contributed by atoms with Crippen LogP contribution in [0.5, 0.6) is 5.75 Å². The first-order chi connectivity index (χ1) is 12.1. The van der Waals surface area contributed by atoms with Gasteiger partial charge in [0.1, 0.15) is 6.61 Å². The zero-order chi connectivity index (χ0) is 18.9.